The number of carbonyl (C=O) groups excluding carboxylic acids is 3. The van der Waals surface area contributed by atoms with Gasteiger partial charge in [0.25, 0.3) is 0 Å². The molecule has 3 amide bonds. The summed E-state index contributed by atoms with van der Waals surface area (Å²) in [5, 5.41) is 2.90. The zero-order valence-corrected chi connectivity index (χ0v) is 16.5. The van der Waals surface area contributed by atoms with Gasteiger partial charge in [0.2, 0.25) is 17.7 Å². The zero-order valence-electron chi connectivity index (χ0n) is 16.5. The van der Waals surface area contributed by atoms with E-state index in [1.54, 1.807) is 16.7 Å². The van der Waals surface area contributed by atoms with E-state index >= 15 is 0 Å². The van der Waals surface area contributed by atoms with Crippen LogP contribution in [0.15, 0.2) is 0 Å². The summed E-state index contributed by atoms with van der Waals surface area (Å²) >= 11 is 0. The fraction of sp³-hybridized carbons (Fsp3) is 0.857. The molecule has 6 nitrogen and oxygen atoms in total. The van der Waals surface area contributed by atoms with Gasteiger partial charge in [0, 0.05) is 39.5 Å². The molecule has 4 saturated carbocycles. The van der Waals surface area contributed by atoms with E-state index < -0.39 is 0 Å². The number of nitrogens with one attached hydrogen (secondary N) is 1. The second kappa shape index (κ2) is 7.44. The molecule has 0 aromatic carbocycles. The topological polar surface area (TPSA) is 69.7 Å². The molecule has 5 aliphatic rings. The van der Waals surface area contributed by atoms with Crippen molar-refractivity contribution in [2.24, 2.45) is 23.2 Å². The number of rotatable bonds is 4. The molecule has 1 saturated heterocycles. The van der Waals surface area contributed by atoms with Crippen molar-refractivity contribution in [3.8, 4) is 0 Å². The molecular formula is C21H33N3O3. The number of hydrogen-bond donors (Lipinski definition) is 1. The summed E-state index contributed by atoms with van der Waals surface area (Å²) in [7, 11) is 0. The lowest BCUT2D eigenvalue weighted by Gasteiger charge is -2.56. The quantitative estimate of drug-likeness (QED) is 0.814. The van der Waals surface area contributed by atoms with Gasteiger partial charge in [-0.15, -0.1) is 0 Å². The van der Waals surface area contributed by atoms with Gasteiger partial charge in [0.1, 0.15) is 0 Å². The van der Waals surface area contributed by atoms with E-state index in [2.05, 4.69) is 5.32 Å². The highest BCUT2D eigenvalue weighted by Gasteiger charge is 2.51. The highest BCUT2D eigenvalue weighted by molar-refractivity contribution is 5.85. The molecule has 5 rings (SSSR count). The van der Waals surface area contributed by atoms with Crippen LogP contribution in [0.5, 0.6) is 0 Å². The van der Waals surface area contributed by atoms with Crippen LogP contribution in [0.1, 0.15) is 58.3 Å². The van der Waals surface area contributed by atoms with Crippen LogP contribution in [0, 0.1) is 23.2 Å². The van der Waals surface area contributed by atoms with Gasteiger partial charge in [0.05, 0.1) is 6.54 Å². The Kier molecular flexibility index (Phi) is 5.17. The SMILES string of the molecule is CC(=O)N1CCCN(C(=O)CNC(=O)CC23CC4CC(CC(C4)C2)C3)CC1. The Labute approximate surface area is 162 Å². The summed E-state index contributed by atoms with van der Waals surface area (Å²) in [6.07, 6.45) is 9.19. The predicted octanol–water partition coefficient (Wildman–Crippen LogP) is 1.79. The summed E-state index contributed by atoms with van der Waals surface area (Å²) in [5.74, 6) is 2.60. The van der Waals surface area contributed by atoms with Crippen molar-refractivity contribution in [3.05, 3.63) is 0 Å². The van der Waals surface area contributed by atoms with Crippen LogP contribution in [-0.4, -0.2) is 60.2 Å². The van der Waals surface area contributed by atoms with E-state index in [0.29, 0.717) is 32.6 Å². The van der Waals surface area contributed by atoms with Crippen LogP contribution in [-0.2, 0) is 14.4 Å². The van der Waals surface area contributed by atoms with E-state index in [-0.39, 0.29) is 29.7 Å². The Bertz CT molecular complexity index is 583. The highest BCUT2D eigenvalue weighted by Crippen LogP contribution is 2.61. The molecule has 4 bridgehead atoms. The summed E-state index contributed by atoms with van der Waals surface area (Å²) in [6.45, 7) is 4.17. The molecule has 5 fully saturated rings. The van der Waals surface area contributed by atoms with E-state index in [9.17, 15) is 14.4 Å². The van der Waals surface area contributed by atoms with Crippen LogP contribution in [0.3, 0.4) is 0 Å². The van der Waals surface area contributed by atoms with E-state index in [0.717, 1.165) is 24.2 Å². The molecular weight excluding hydrogens is 342 g/mol. The van der Waals surface area contributed by atoms with E-state index in [1.165, 1.54) is 38.5 Å². The van der Waals surface area contributed by atoms with Crippen molar-refractivity contribution in [1.29, 1.82) is 0 Å². The maximum atomic E-state index is 12.6. The molecule has 0 aromatic heterocycles. The van der Waals surface area contributed by atoms with Gasteiger partial charge < -0.3 is 15.1 Å². The third kappa shape index (κ3) is 4.14. The molecule has 1 aliphatic heterocycles. The average molecular weight is 376 g/mol. The van der Waals surface area contributed by atoms with Crippen molar-refractivity contribution in [1.82, 2.24) is 15.1 Å². The Balaban J connectivity index is 1.25. The lowest BCUT2D eigenvalue weighted by molar-refractivity contribution is -0.135. The minimum atomic E-state index is -0.0285. The summed E-state index contributed by atoms with van der Waals surface area (Å²) in [5.41, 5.74) is 0.215. The molecule has 0 aromatic rings. The maximum absolute atomic E-state index is 12.6. The van der Waals surface area contributed by atoms with E-state index in [4.69, 9.17) is 0 Å². The fourth-order valence-electron chi connectivity index (χ4n) is 6.68. The molecule has 0 unspecified atom stereocenters. The number of nitrogens with zero attached hydrogens (tertiary/aromatic N) is 2. The first-order valence-electron chi connectivity index (χ1n) is 10.7. The van der Waals surface area contributed by atoms with E-state index in [1.807, 2.05) is 0 Å². The summed E-state index contributed by atoms with van der Waals surface area (Å²) < 4.78 is 0. The standard InChI is InChI=1S/C21H33N3O3/c1-15(25)23-3-2-4-24(6-5-23)20(27)14-22-19(26)13-21-10-16-7-17(11-21)9-18(8-16)12-21/h16-18H,2-14H2,1H3,(H,22,26). The monoisotopic (exact) mass is 375 g/mol. The lowest BCUT2D eigenvalue weighted by Crippen LogP contribution is -2.49. The first-order chi connectivity index (χ1) is 12.9. The molecule has 27 heavy (non-hydrogen) atoms. The minimum absolute atomic E-state index is 0.0285. The first kappa shape index (κ1) is 18.8. The Morgan fingerprint density at radius 1 is 0.889 bits per heavy atom. The molecule has 0 radical (unpaired) electrons. The number of carbonyl (C=O) groups is 3. The molecule has 4 aliphatic carbocycles. The van der Waals surface area contributed by atoms with Crippen molar-refractivity contribution in [3.63, 3.8) is 0 Å². The Morgan fingerprint density at radius 3 is 2.04 bits per heavy atom. The van der Waals surface area contributed by atoms with Crippen molar-refractivity contribution >= 4 is 17.7 Å². The third-order valence-corrected chi connectivity index (χ3v) is 7.43. The largest absolute Gasteiger partial charge is 0.347 e. The number of hydrogen-bond acceptors (Lipinski definition) is 3. The van der Waals surface area contributed by atoms with Crippen molar-refractivity contribution in [2.45, 2.75) is 58.3 Å². The van der Waals surface area contributed by atoms with Crippen LogP contribution < -0.4 is 5.32 Å². The fourth-order valence-corrected chi connectivity index (χ4v) is 6.68. The normalized spacial score (nSPS) is 35.1. The van der Waals surface area contributed by atoms with Gasteiger partial charge in [0.15, 0.2) is 0 Å². The second-order valence-electron chi connectivity index (χ2n) is 9.61. The lowest BCUT2D eigenvalue weighted by atomic mass is 9.49. The number of amides is 3. The predicted molar refractivity (Wildman–Crippen MR) is 102 cm³/mol. The van der Waals surface area contributed by atoms with Gasteiger partial charge in [-0.05, 0) is 68.1 Å². The van der Waals surface area contributed by atoms with Crippen LogP contribution >= 0.6 is 0 Å². The van der Waals surface area contributed by atoms with Gasteiger partial charge in [-0.25, -0.2) is 0 Å². The molecule has 1 N–H and O–H groups in total. The smallest absolute Gasteiger partial charge is 0.242 e. The molecule has 0 atom stereocenters. The van der Waals surface area contributed by atoms with Gasteiger partial charge in [-0.3, -0.25) is 14.4 Å². The van der Waals surface area contributed by atoms with Crippen molar-refractivity contribution in [2.75, 3.05) is 32.7 Å². The maximum Gasteiger partial charge on any atom is 0.242 e. The minimum Gasteiger partial charge on any atom is -0.347 e. The second-order valence-corrected chi connectivity index (χ2v) is 9.61. The molecule has 0 spiro atoms. The molecule has 150 valence electrons. The molecule has 1 heterocycles. The Hall–Kier alpha value is -1.59. The Morgan fingerprint density at radius 2 is 1.44 bits per heavy atom. The zero-order chi connectivity index (χ0) is 19.0. The van der Waals surface area contributed by atoms with Crippen LogP contribution in [0.25, 0.3) is 0 Å². The molecule has 6 heteroatoms. The summed E-state index contributed by atoms with van der Waals surface area (Å²) in [6, 6.07) is 0. The van der Waals surface area contributed by atoms with Gasteiger partial charge >= 0.3 is 0 Å². The average Bonchev–Trinajstić information content (AvgIpc) is 2.84. The van der Waals surface area contributed by atoms with Gasteiger partial charge in [-0.2, -0.15) is 0 Å². The van der Waals surface area contributed by atoms with Crippen molar-refractivity contribution < 1.29 is 14.4 Å². The summed E-state index contributed by atoms with van der Waals surface area (Å²) in [4.78, 5) is 40.2. The van der Waals surface area contributed by atoms with Crippen LogP contribution in [0.4, 0.5) is 0 Å². The van der Waals surface area contributed by atoms with Gasteiger partial charge in [-0.1, -0.05) is 0 Å². The van der Waals surface area contributed by atoms with Crippen LogP contribution in [0.2, 0.25) is 0 Å². The highest BCUT2D eigenvalue weighted by atomic mass is 16.2. The first-order valence-corrected chi connectivity index (χ1v) is 10.7. The third-order valence-electron chi connectivity index (χ3n) is 7.43.